The van der Waals surface area contributed by atoms with Crippen LogP contribution in [-0.4, -0.2) is 4.98 Å². The molecule has 2 nitrogen and oxygen atoms in total. The van der Waals surface area contributed by atoms with Crippen LogP contribution in [0.5, 0.6) is 0 Å². The van der Waals surface area contributed by atoms with Crippen LogP contribution in [0.15, 0.2) is 12.3 Å². The first-order valence-corrected chi connectivity index (χ1v) is 2.58. The van der Waals surface area contributed by atoms with E-state index in [1.807, 2.05) is 13.0 Å². The molecule has 43 valence electrons. The van der Waals surface area contributed by atoms with E-state index in [1.165, 1.54) is 0 Å². The predicted molar refractivity (Wildman–Crippen MR) is 32.5 cm³/mol. The van der Waals surface area contributed by atoms with E-state index in [-0.39, 0.29) is 0 Å². The molecule has 2 heteroatoms. The molecule has 0 amide bonds. The van der Waals surface area contributed by atoms with Crippen LogP contribution in [0.2, 0.25) is 0 Å². The maximum atomic E-state index is 8.40. The fourth-order valence-corrected chi connectivity index (χ4v) is 0.536. The van der Waals surface area contributed by atoms with Gasteiger partial charge in [0.05, 0.1) is 5.56 Å². The van der Waals surface area contributed by atoms with Crippen LogP contribution in [0.3, 0.4) is 0 Å². The van der Waals surface area contributed by atoms with E-state index >= 15 is 0 Å². The first-order chi connectivity index (χ1) is 4.34. The fourth-order valence-electron chi connectivity index (χ4n) is 0.536. The van der Waals surface area contributed by atoms with Gasteiger partial charge >= 0.3 is 0 Å². The minimum Gasteiger partial charge on any atom is -0.253 e. The number of nitrogens with zero attached hydrogens (tertiary/aromatic N) is 2. The monoisotopic (exact) mass is 117 g/mol. The average Bonchev–Trinajstić information content (AvgIpc) is 1.89. The maximum Gasteiger partial charge on any atom is 0.108 e. The van der Waals surface area contributed by atoms with Gasteiger partial charge in [-0.15, -0.1) is 0 Å². The predicted octanol–water partition coefficient (Wildman–Crippen LogP) is 1.06. The van der Waals surface area contributed by atoms with Gasteiger partial charge in [0.1, 0.15) is 12.3 Å². The molecule has 0 atom stereocenters. The molecule has 1 radical (unpaired) electrons. The molecule has 0 bridgehead atoms. The minimum absolute atomic E-state index is 0.525. The van der Waals surface area contributed by atoms with E-state index in [9.17, 15) is 0 Å². The Labute approximate surface area is 53.8 Å². The standard InChI is InChI=1S/C7H5N2/c1-6-2-3-9-5-7(6)4-8/h2-3H,1H3. The second-order valence-electron chi connectivity index (χ2n) is 1.73. The summed E-state index contributed by atoms with van der Waals surface area (Å²) in [6.45, 7) is 1.86. The lowest BCUT2D eigenvalue weighted by Crippen LogP contribution is -1.81. The van der Waals surface area contributed by atoms with E-state index in [0.717, 1.165) is 5.56 Å². The molecule has 0 spiro atoms. The normalized spacial score (nSPS) is 8.44. The highest BCUT2D eigenvalue weighted by Gasteiger charge is 1.92. The van der Waals surface area contributed by atoms with Gasteiger partial charge in [-0.05, 0) is 18.6 Å². The number of aryl methyl sites for hydroxylation is 1. The van der Waals surface area contributed by atoms with Crippen LogP contribution in [0, 0.1) is 24.5 Å². The van der Waals surface area contributed by atoms with Gasteiger partial charge in [0, 0.05) is 6.20 Å². The molecule has 0 aliphatic heterocycles. The topological polar surface area (TPSA) is 36.7 Å². The number of pyridine rings is 1. The van der Waals surface area contributed by atoms with Gasteiger partial charge in [-0.3, -0.25) is 4.98 Å². The lowest BCUT2D eigenvalue weighted by atomic mass is 10.2. The van der Waals surface area contributed by atoms with Crippen LogP contribution in [0.4, 0.5) is 0 Å². The van der Waals surface area contributed by atoms with Crippen molar-refractivity contribution < 1.29 is 0 Å². The van der Waals surface area contributed by atoms with Crippen LogP contribution in [0.25, 0.3) is 0 Å². The van der Waals surface area contributed by atoms with Crippen LogP contribution in [0.1, 0.15) is 11.1 Å². The van der Waals surface area contributed by atoms with Gasteiger partial charge < -0.3 is 0 Å². The lowest BCUT2D eigenvalue weighted by molar-refractivity contribution is 1.24. The zero-order valence-corrected chi connectivity index (χ0v) is 5.05. The van der Waals surface area contributed by atoms with Crippen molar-refractivity contribution in [3.63, 3.8) is 0 Å². The Kier molecular flexibility index (Phi) is 1.46. The highest BCUT2D eigenvalue weighted by molar-refractivity contribution is 5.32. The Bertz CT molecular complexity index is 247. The van der Waals surface area contributed by atoms with E-state index in [2.05, 4.69) is 11.2 Å². The van der Waals surface area contributed by atoms with Gasteiger partial charge in [0.2, 0.25) is 0 Å². The number of hydrogen-bond acceptors (Lipinski definition) is 2. The van der Waals surface area contributed by atoms with Gasteiger partial charge in [-0.2, -0.15) is 5.26 Å². The van der Waals surface area contributed by atoms with Crippen LogP contribution < -0.4 is 0 Å². The third-order valence-electron chi connectivity index (χ3n) is 1.08. The Hall–Kier alpha value is -1.36. The molecule has 0 aliphatic carbocycles. The van der Waals surface area contributed by atoms with E-state index in [0.29, 0.717) is 5.56 Å². The summed E-state index contributed by atoms with van der Waals surface area (Å²) in [5.74, 6) is 0. The Morgan fingerprint density at radius 1 is 1.78 bits per heavy atom. The second-order valence-corrected chi connectivity index (χ2v) is 1.73. The average molecular weight is 117 g/mol. The fraction of sp³-hybridized carbons (Fsp3) is 0.143. The van der Waals surface area contributed by atoms with E-state index in [4.69, 9.17) is 5.26 Å². The summed E-state index contributed by atoms with van der Waals surface area (Å²) in [5, 5.41) is 8.40. The summed E-state index contributed by atoms with van der Waals surface area (Å²) in [6.07, 6.45) is 4.20. The summed E-state index contributed by atoms with van der Waals surface area (Å²) in [5.41, 5.74) is 1.45. The molecular weight excluding hydrogens is 112 g/mol. The third-order valence-corrected chi connectivity index (χ3v) is 1.08. The molecule has 1 aromatic heterocycles. The van der Waals surface area contributed by atoms with E-state index < -0.39 is 0 Å². The summed E-state index contributed by atoms with van der Waals surface area (Å²) < 4.78 is 0. The first-order valence-electron chi connectivity index (χ1n) is 2.58. The molecule has 0 saturated heterocycles. The van der Waals surface area contributed by atoms with Crippen LogP contribution in [-0.2, 0) is 0 Å². The third kappa shape index (κ3) is 1.06. The number of rotatable bonds is 0. The van der Waals surface area contributed by atoms with Gasteiger partial charge in [0.25, 0.3) is 0 Å². The Morgan fingerprint density at radius 3 is 3.00 bits per heavy atom. The van der Waals surface area contributed by atoms with Gasteiger partial charge in [0.15, 0.2) is 0 Å². The largest absolute Gasteiger partial charge is 0.253 e. The Morgan fingerprint density at radius 2 is 2.56 bits per heavy atom. The molecule has 0 fully saturated rings. The molecule has 0 saturated carbocycles. The minimum atomic E-state index is 0.525. The van der Waals surface area contributed by atoms with Crippen molar-refractivity contribution in [3.05, 3.63) is 29.6 Å². The molecule has 1 heterocycles. The lowest BCUT2D eigenvalue weighted by Gasteiger charge is -1.89. The molecule has 0 aliphatic rings. The molecule has 0 unspecified atom stereocenters. The van der Waals surface area contributed by atoms with Gasteiger partial charge in [-0.25, -0.2) is 0 Å². The molecule has 0 N–H and O–H groups in total. The highest BCUT2D eigenvalue weighted by Crippen LogP contribution is 2.00. The van der Waals surface area contributed by atoms with E-state index in [1.54, 1.807) is 12.3 Å². The van der Waals surface area contributed by atoms with Crippen molar-refractivity contribution in [2.45, 2.75) is 6.92 Å². The zero-order chi connectivity index (χ0) is 6.69. The summed E-state index contributed by atoms with van der Waals surface area (Å²) in [4.78, 5) is 3.67. The molecule has 9 heavy (non-hydrogen) atoms. The van der Waals surface area contributed by atoms with Crippen molar-refractivity contribution in [1.29, 1.82) is 5.26 Å². The number of hydrogen-bond donors (Lipinski definition) is 0. The smallest absolute Gasteiger partial charge is 0.108 e. The quantitative estimate of drug-likeness (QED) is 0.509. The molecule has 0 aromatic carbocycles. The molecule has 1 rings (SSSR count). The molecular formula is C7H5N2. The summed E-state index contributed by atoms with van der Waals surface area (Å²) in [7, 11) is 0. The Balaban J connectivity index is 3.20. The van der Waals surface area contributed by atoms with Gasteiger partial charge in [-0.1, -0.05) is 0 Å². The zero-order valence-electron chi connectivity index (χ0n) is 5.05. The van der Waals surface area contributed by atoms with Crippen molar-refractivity contribution >= 4 is 0 Å². The van der Waals surface area contributed by atoms with Crippen molar-refractivity contribution in [2.75, 3.05) is 0 Å². The van der Waals surface area contributed by atoms with Crippen molar-refractivity contribution in [1.82, 2.24) is 4.98 Å². The number of aromatic nitrogens is 1. The SMILES string of the molecule is Cc1ccn[c]c1C#N. The second kappa shape index (κ2) is 2.27. The van der Waals surface area contributed by atoms with Crippen molar-refractivity contribution in [3.8, 4) is 6.07 Å². The molecule has 1 aromatic rings. The summed E-state index contributed by atoms with van der Waals surface area (Å²) >= 11 is 0. The van der Waals surface area contributed by atoms with Crippen LogP contribution >= 0.6 is 0 Å². The summed E-state index contributed by atoms with van der Waals surface area (Å²) in [6, 6.07) is 3.76. The maximum absolute atomic E-state index is 8.40. The van der Waals surface area contributed by atoms with Crippen molar-refractivity contribution in [2.24, 2.45) is 0 Å². The number of nitriles is 1. The first kappa shape index (κ1) is 5.77. The highest BCUT2D eigenvalue weighted by atomic mass is 14.6.